The van der Waals surface area contributed by atoms with Gasteiger partial charge in [-0.1, -0.05) is 6.07 Å². The van der Waals surface area contributed by atoms with Crippen LogP contribution in [0.1, 0.15) is 17.5 Å². The first-order valence-electron chi connectivity index (χ1n) is 6.64. The van der Waals surface area contributed by atoms with Crippen LogP contribution in [0.3, 0.4) is 0 Å². The van der Waals surface area contributed by atoms with Gasteiger partial charge in [-0.2, -0.15) is 13.2 Å². The van der Waals surface area contributed by atoms with Crippen LogP contribution in [0.5, 0.6) is 0 Å². The summed E-state index contributed by atoms with van der Waals surface area (Å²) in [5, 5.41) is 0. The Morgan fingerprint density at radius 2 is 2.15 bits per heavy atom. The Morgan fingerprint density at radius 3 is 2.70 bits per heavy atom. The third-order valence-corrected chi connectivity index (χ3v) is 3.63. The van der Waals surface area contributed by atoms with Crippen LogP contribution in [0.4, 0.5) is 18.9 Å². The van der Waals surface area contributed by atoms with Gasteiger partial charge in [0.15, 0.2) is 0 Å². The fraction of sp³-hybridized carbons (Fsp3) is 0.571. The molecule has 1 atom stereocenters. The van der Waals surface area contributed by atoms with Gasteiger partial charge in [-0.25, -0.2) is 0 Å². The Labute approximate surface area is 116 Å². The molecule has 0 aromatic heterocycles. The summed E-state index contributed by atoms with van der Waals surface area (Å²) < 4.78 is 44.9. The Kier molecular flexibility index (Phi) is 4.55. The lowest BCUT2D eigenvalue weighted by molar-refractivity contribution is -0.137. The summed E-state index contributed by atoms with van der Waals surface area (Å²) in [5.74, 6) is 0. The average molecular weight is 288 g/mol. The molecule has 1 aromatic carbocycles. The van der Waals surface area contributed by atoms with Crippen molar-refractivity contribution in [3.05, 3.63) is 29.3 Å². The second-order valence-corrected chi connectivity index (χ2v) is 5.02. The highest BCUT2D eigenvalue weighted by Gasteiger charge is 2.36. The molecule has 0 spiro atoms. The van der Waals surface area contributed by atoms with Crippen molar-refractivity contribution in [2.45, 2.75) is 25.1 Å². The van der Waals surface area contributed by atoms with Crippen LogP contribution in [-0.2, 0) is 17.3 Å². The van der Waals surface area contributed by atoms with Crippen LogP contribution in [0.2, 0.25) is 0 Å². The maximum atomic E-state index is 13.2. The summed E-state index contributed by atoms with van der Waals surface area (Å²) >= 11 is 0. The zero-order valence-electron chi connectivity index (χ0n) is 11.4. The predicted molar refractivity (Wildman–Crippen MR) is 71.8 cm³/mol. The van der Waals surface area contributed by atoms with Gasteiger partial charge in [-0.3, -0.25) is 0 Å². The van der Waals surface area contributed by atoms with Gasteiger partial charge in [-0.05, 0) is 37.1 Å². The number of anilines is 1. The average Bonchev–Trinajstić information content (AvgIpc) is 2.91. The molecule has 2 N–H and O–H groups in total. The van der Waals surface area contributed by atoms with Crippen molar-refractivity contribution in [1.29, 1.82) is 0 Å². The van der Waals surface area contributed by atoms with E-state index in [1.54, 1.807) is 18.0 Å². The highest BCUT2D eigenvalue weighted by atomic mass is 19.4. The van der Waals surface area contributed by atoms with E-state index >= 15 is 0 Å². The van der Waals surface area contributed by atoms with Crippen molar-refractivity contribution in [3.8, 4) is 0 Å². The quantitative estimate of drug-likeness (QED) is 0.925. The van der Waals surface area contributed by atoms with Crippen molar-refractivity contribution in [2.24, 2.45) is 5.73 Å². The van der Waals surface area contributed by atoms with Crippen LogP contribution in [0.25, 0.3) is 0 Å². The molecular formula is C14H19F3N2O. The number of hydrogen-bond acceptors (Lipinski definition) is 3. The normalized spacial score (nSPS) is 19.4. The fourth-order valence-electron chi connectivity index (χ4n) is 2.46. The molecule has 1 aliphatic heterocycles. The van der Waals surface area contributed by atoms with E-state index < -0.39 is 11.7 Å². The summed E-state index contributed by atoms with van der Waals surface area (Å²) in [6, 6.07) is 4.45. The van der Waals surface area contributed by atoms with Gasteiger partial charge < -0.3 is 15.4 Å². The van der Waals surface area contributed by atoms with Crippen molar-refractivity contribution in [2.75, 3.05) is 31.7 Å². The molecular weight excluding hydrogens is 269 g/mol. The molecule has 1 saturated heterocycles. The second-order valence-electron chi connectivity index (χ2n) is 5.02. The molecule has 0 saturated carbocycles. The number of ether oxygens (including phenoxy) is 1. The topological polar surface area (TPSA) is 38.5 Å². The molecule has 20 heavy (non-hydrogen) atoms. The number of hydrogen-bond donors (Lipinski definition) is 1. The molecule has 6 heteroatoms. The van der Waals surface area contributed by atoms with Crippen molar-refractivity contribution in [1.82, 2.24) is 0 Å². The molecule has 1 aliphatic rings. The van der Waals surface area contributed by atoms with Gasteiger partial charge in [0.2, 0.25) is 0 Å². The Bertz CT molecular complexity index is 456. The van der Waals surface area contributed by atoms with E-state index in [1.165, 1.54) is 12.1 Å². The minimum absolute atomic E-state index is 0.00328. The van der Waals surface area contributed by atoms with Crippen LogP contribution >= 0.6 is 0 Å². The highest BCUT2D eigenvalue weighted by molar-refractivity contribution is 5.57. The van der Waals surface area contributed by atoms with Crippen LogP contribution < -0.4 is 10.6 Å². The number of alkyl halides is 3. The molecule has 1 heterocycles. The van der Waals surface area contributed by atoms with E-state index in [-0.39, 0.29) is 11.7 Å². The second kappa shape index (κ2) is 6.01. The Balaban J connectivity index is 2.35. The third-order valence-electron chi connectivity index (χ3n) is 3.63. The number of benzene rings is 1. The summed E-state index contributed by atoms with van der Waals surface area (Å²) in [6.45, 7) is 1.41. The van der Waals surface area contributed by atoms with E-state index in [9.17, 15) is 13.2 Å². The van der Waals surface area contributed by atoms with E-state index in [4.69, 9.17) is 10.5 Å². The van der Waals surface area contributed by atoms with E-state index in [1.807, 2.05) is 0 Å². The molecule has 0 radical (unpaired) electrons. The molecule has 0 bridgehead atoms. The Morgan fingerprint density at radius 1 is 1.40 bits per heavy atom. The number of halogens is 3. The summed E-state index contributed by atoms with van der Waals surface area (Å²) in [6.07, 6.45) is -3.17. The number of nitrogens with zero attached hydrogens (tertiary/aromatic N) is 1. The molecule has 1 unspecified atom stereocenters. The van der Waals surface area contributed by atoms with Gasteiger partial charge >= 0.3 is 6.18 Å². The summed E-state index contributed by atoms with van der Waals surface area (Å²) in [7, 11) is 1.69. The SMILES string of the molecule is CN(c1ccc(CCN)cc1C(F)(F)F)C1CCOC1. The summed E-state index contributed by atoms with van der Waals surface area (Å²) in [5.41, 5.74) is 5.62. The lowest BCUT2D eigenvalue weighted by atomic mass is 10.0. The minimum Gasteiger partial charge on any atom is -0.379 e. The predicted octanol–water partition coefficient (Wildman–Crippen LogP) is 2.43. The van der Waals surface area contributed by atoms with Gasteiger partial charge in [0.05, 0.1) is 18.2 Å². The maximum absolute atomic E-state index is 13.2. The fourth-order valence-corrected chi connectivity index (χ4v) is 2.46. The van der Waals surface area contributed by atoms with Crippen molar-refractivity contribution < 1.29 is 17.9 Å². The first kappa shape index (κ1) is 15.1. The Hall–Kier alpha value is -1.27. The number of rotatable bonds is 4. The first-order valence-corrected chi connectivity index (χ1v) is 6.64. The van der Waals surface area contributed by atoms with Crippen molar-refractivity contribution in [3.63, 3.8) is 0 Å². The monoisotopic (exact) mass is 288 g/mol. The zero-order chi connectivity index (χ0) is 14.8. The zero-order valence-corrected chi connectivity index (χ0v) is 11.4. The highest BCUT2D eigenvalue weighted by Crippen LogP contribution is 2.38. The lowest BCUT2D eigenvalue weighted by Crippen LogP contribution is -2.33. The number of nitrogens with two attached hydrogens (primary N) is 1. The maximum Gasteiger partial charge on any atom is 0.418 e. The molecule has 1 aromatic rings. The number of likely N-dealkylation sites (N-methyl/N-ethyl adjacent to an activating group) is 1. The van der Waals surface area contributed by atoms with Gasteiger partial charge in [0.25, 0.3) is 0 Å². The standard InChI is InChI=1S/C14H19F3N2O/c1-19(11-5-7-20-9-11)13-3-2-10(4-6-18)8-12(13)14(15,16)17/h2-3,8,11H,4-7,9,18H2,1H3. The first-order chi connectivity index (χ1) is 9.43. The third kappa shape index (κ3) is 3.24. The lowest BCUT2D eigenvalue weighted by Gasteiger charge is -2.28. The molecule has 112 valence electrons. The van der Waals surface area contributed by atoms with Gasteiger partial charge in [0.1, 0.15) is 0 Å². The molecule has 1 fully saturated rings. The minimum atomic E-state index is -4.37. The van der Waals surface area contributed by atoms with Crippen LogP contribution in [0, 0.1) is 0 Å². The smallest absolute Gasteiger partial charge is 0.379 e. The molecule has 0 amide bonds. The molecule has 2 rings (SSSR count). The molecule has 0 aliphatic carbocycles. The van der Waals surface area contributed by atoms with E-state index in [0.29, 0.717) is 31.7 Å². The van der Waals surface area contributed by atoms with Gasteiger partial charge in [0, 0.05) is 19.3 Å². The van der Waals surface area contributed by atoms with Crippen LogP contribution in [0.15, 0.2) is 18.2 Å². The van der Waals surface area contributed by atoms with Crippen LogP contribution in [-0.4, -0.2) is 32.8 Å². The van der Waals surface area contributed by atoms with Crippen molar-refractivity contribution >= 4 is 5.69 Å². The largest absolute Gasteiger partial charge is 0.418 e. The van der Waals surface area contributed by atoms with E-state index in [0.717, 1.165) is 6.42 Å². The summed E-state index contributed by atoms with van der Waals surface area (Å²) in [4.78, 5) is 1.67. The van der Waals surface area contributed by atoms with E-state index in [2.05, 4.69) is 0 Å². The molecule has 3 nitrogen and oxygen atoms in total. The van der Waals surface area contributed by atoms with Gasteiger partial charge in [-0.15, -0.1) is 0 Å².